The summed E-state index contributed by atoms with van der Waals surface area (Å²) in [6.45, 7) is 0.649. The van der Waals surface area contributed by atoms with Crippen molar-refractivity contribution in [1.29, 1.82) is 0 Å². The van der Waals surface area contributed by atoms with Crippen molar-refractivity contribution < 1.29 is 14.0 Å². The van der Waals surface area contributed by atoms with Crippen molar-refractivity contribution in [2.45, 2.75) is 12.6 Å². The Bertz CT molecular complexity index is 594. The lowest BCUT2D eigenvalue weighted by Crippen LogP contribution is -2.42. The zero-order chi connectivity index (χ0) is 15.9. The fourth-order valence-electron chi connectivity index (χ4n) is 1.94. The molecule has 0 fully saturated rings. The molecule has 2 N–H and O–H groups in total. The molecule has 22 heavy (non-hydrogen) atoms. The molecule has 7 heteroatoms. The molecule has 0 saturated carbocycles. The van der Waals surface area contributed by atoms with Crippen LogP contribution in [-0.2, 0) is 16.1 Å². The van der Waals surface area contributed by atoms with E-state index in [2.05, 4.69) is 10.6 Å². The maximum absolute atomic E-state index is 11.8. The van der Waals surface area contributed by atoms with Gasteiger partial charge < -0.3 is 15.1 Å². The number of nitrogens with zero attached hydrogens (tertiary/aromatic N) is 1. The van der Waals surface area contributed by atoms with Gasteiger partial charge in [-0.2, -0.15) is 11.3 Å². The third kappa shape index (κ3) is 4.44. The van der Waals surface area contributed by atoms with Crippen LogP contribution in [0.15, 0.2) is 39.6 Å². The monoisotopic (exact) mass is 321 g/mol. The van der Waals surface area contributed by atoms with Crippen LogP contribution >= 0.6 is 11.3 Å². The SMILES string of the molecule is CN(C)C(CNC(=O)C(=O)NCc1ccsc1)c1ccco1. The first kappa shape index (κ1) is 16.3. The predicted molar refractivity (Wildman–Crippen MR) is 84.3 cm³/mol. The van der Waals surface area contributed by atoms with Gasteiger partial charge in [0.1, 0.15) is 5.76 Å². The summed E-state index contributed by atoms with van der Waals surface area (Å²) < 4.78 is 5.35. The summed E-state index contributed by atoms with van der Waals surface area (Å²) in [6, 6.07) is 5.42. The highest BCUT2D eigenvalue weighted by atomic mass is 32.1. The number of hydrogen-bond donors (Lipinski definition) is 2. The first-order chi connectivity index (χ1) is 10.6. The van der Waals surface area contributed by atoms with Gasteiger partial charge in [-0.15, -0.1) is 0 Å². The molecule has 0 aliphatic heterocycles. The van der Waals surface area contributed by atoms with E-state index in [0.717, 1.165) is 11.3 Å². The number of thiophene rings is 1. The number of furan rings is 1. The number of carbonyl (C=O) groups excluding carboxylic acids is 2. The summed E-state index contributed by atoms with van der Waals surface area (Å²) in [4.78, 5) is 25.5. The van der Waals surface area contributed by atoms with Gasteiger partial charge in [0, 0.05) is 13.1 Å². The zero-order valence-electron chi connectivity index (χ0n) is 12.5. The summed E-state index contributed by atoms with van der Waals surface area (Å²) >= 11 is 1.55. The third-order valence-electron chi connectivity index (χ3n) is 3.19. The summed E-state index contributed by atoms with van der Waals surface area (Å²) in [5.74, 6) is -0.541. The zero-order valence-corrected chi connectivity index (χ0v) is 13.4. The van der Waals surface area contributed by atoms with Crippen molar-refractivity contribution >= 4 is 23.2 Å². The van der Waals surface area contributed by atoms with Gasteiger partial charge in [0.25, 0.3) is 0 Å². The van der Waals surface area contributed by atoms with Gasteiger partial charge in [-0.05, 0) is 48.6 Å². The molecule has 1 unspecified atom stereocenters. The van der Waals surface area contributed by atoms with Crippen molar-refractivity contribution in [3.05, 3.63) is 46.5 Å². The molecule has 0 radical (unpaired) electrons. The normalized spacial score (nSPS) is 12.1. The van der Waals surface area contributed by atoms with Crippen molar-refractivity contribution in [3.63, 3.8) is 0 Å². The Balaban J connectivity index is 1.81. The Hall–Kier alpha value is -2.12. The summed E-state index contributed by atoms with van der Waals surface area (Å²) in [5.41, 5.74) is 0.980. The lowest BCUT2D eigenvalue weighted by molar-refractivity contribution is -0.139. The fourth-order valence-corrected chi connectivity index (χ4v) is 2.61. The number of amides is 2. The smallest absolute Gasteiger partial charge is 0.309 e. The van der Waals surface area contributed by atoms with Gasteiger partial charge in [-0.1, -0.05) is 0 Å². The second-order valence-corrected chi connectivity index (χ2v) is 5.80. The Morgan fingerprint density at radius 3 is 2.64 bits per heavy atom. The molecule has 0 bridgehead atoms. The summed E-state index contributed by atoms with van der Waals surface area (Å²) in [7, 11) is 3.77. The Morgan fingerprint density at radius 2 is 2.05 bits per heavy atom. The van der Waals surface area contributed by atoms with Crippen LogP contribution in [0.5, 0.6) is 0 Å². The molecule has 0 aliphatic rings. The number of carbonyl (C=O) groups is 2. The van der Waals surface area contributed by atoms with Crippen molar-refractivity contribution in [2.24, 2.45) is 0 Å². The Labute approximate surface area is 133 Å². The van der Waals surface area contributed by atoms with Crippen molar-refractivity contribution in [2.75, 3.05) is 20.6 Å². The molecule has 0 spiro atoms. The molecule has 2 aromatic heterocycles. The molecule has 6 nitrogen and oxygen atoms in total. The standard InChI is InChI=1S/C15H19N3O3S/c1-18(2)12(13-4-3-6-21-13)9-17-15(20)14(19)16-8-11-5-7-22-10-11/h3-7,10,12H,8-9H2,1-2H3,(H,16,19)(H,17,20). The van der Waals surface area contributed by atoms with Crippen LogP contribution in [-0.4, -0.2) is 37.4 Å². The maximum Gasteiger partial charge on any atom is 0.309 e. The molecule has 2 amide bonds. The average Bonchev–Trinajstić information content (AvgIpc) is 3.17. The number of likely N-dealkylation sites (N-methyl/N-ethyl adjacent to an activating group) is 1. The van der Waals surface area contributed by atoms with Crippen LogP contribution in [0.4, 0.5) is 0 Å². The minimum atomic E-state index is -0.645. The highest BCUT2D eigenvalue weighted by Crippen LogP contribution is 2.17. The topological polar surface area (TPSA) is 74.6 Å². The van der Waals surface area contributed by atoms with E-state index in [0.29, 0.717) is 13.1 Å². The molecule has 2 heterocycles. The van der Waals surface area contributed by atoms with E-state index in [9.17, 15) is 9.59 Å². The highest BCUT2D eigenvalue weighted by molar-refractivity contribution is 7.07. The lowest BCUT2D eigenvalue weighted by atomic mass is 10.2. The predicted octanol–water partition coefficient (Wildman–Crippen LogP) is 1.38. The van der Waals surface area contributed by atoms with Crippen LogP contribution in [0.3, 0.4) is 0 Å². The van der Waals surface area contributed by atoms with Gasteiger partial charge >= 0.3 is 11.8 Å². The summed E-state index contributed by atoms with van der Waals surface area (Å²) in [6.07, 6.45) is 1.58. The van der Waals surface area contributed by atoms with Gasteiger partial charge in [-0.25, -0.2) is 0 Å². The Kier molecular flexibility index (Phi) is 5.74. The average molecular weight is 321 g/mol. The largest absolute Gasteiger partial charge is 0.468 e. The van der Waals surface area contributed by atoms with Crippen LogP contribution in [0.25, 0.3) is 0 Å². The molecule has 0 aromatic carbocycles. The maximum atomic E-state index is 11.8. The second kappa shape index (κ2) is 7.77. The second-order valence-electron chi connectivity index (χ2n) is 5.02. The van der Waals surface area contributed by atoms with E-state index in [1.54, 1.807) is 23.7 Å². The Morgan fingerprint density at radius 1 is 1.27 bits per heavy atom. The molecule has 2 rings (SSSR count). The van der Waals surface area contributed by atoms with Crippen LogP contribution in [0.2, 0.25) is 0 Å². The van der Waals surface area contributed by atoms with Crippen LogP contribution in [0.1, 0.15) is 17.4 Å². The number of hydrogen-bond acceptors (Lipinski definition) is 5. The quantitative estimate of drug-likeness (QED) is 0.788. The van der Waals surface area contributed by atoms with Gasteiger partial charge in [0.05, 0.1) is 12.3 Å². The van der Waals surface area contributed by atoms with Crippen molar-refractivity contribution in [1.82, 2.24) is 15.5 Å². The van der Waals surface area contributed by atoms with E-state index in [4.69, 9.17) is 4.42 Å². The molecule has 118 valence electrons. The molecule has 2 aromatic rings. The highest BCUT2D eigenvalue weighted by Gasteiger charge is 2.20. The van der Waals surface area contributed by atoms with Gasteiger partial charge in [0.15, 0.2) is 0 Å². The van der Waals surface area contributed by atoms with Gasteiger partial charge in [-0.3, -0.25) is 14.5 Å². The van der Waals surface area contributed by atoms with Crippen LogP contribution in [0, 0.1) is 0 Å². The lowest BCUT2D eigenvalue weighted by Gasteiger charge is -2.22. The van der Waals surface area contributed by atoms with Crippen LogP contribution < -0.4 is 10.6 Å². The van der Waals surface area contributed by atoms with E-state index in [1.807, 2.05) is 41.9 Å². The number of nitrogens with one attached hydrogen (secondary N) is 2. The molecule has 0 saturated heterocycles. The first-order valence-electron chi connectivity index (χ1n) is 6.85. The van der Waals surface area contributed by atoms with Gasteiger partial charge in [0.2, 0.25) is 0 Å². The minimum absolute atomic E-state index is 0.122. The fraction of sp³-hybridized carbons (Fsp3) is 0.333. The van der Waals surface area contributed by atoms with E-state index < -0.39 is 11.8 Å². The molecular weight excluding hydrogens is 302 g/mol. The van der Waals surface area contributed by atoms with E-state index in [1.165, 1.54) is 0 Å². The molecular formula is C15H19N3O3S. The molecule has 1 atom stereocenters. The summed E-state index contributed by atoms with van der Waals surface area (Å²) in [5, 5.41) is 9.07. The number of rotatable bonds is 6. The first-order valence-corrected chi connectivity index (χ1v) is 7.79. The molecule has 0 aliphatic carbocycles. The third-order valence-corrected chi connectivity index (χ3v) is 3.92. The van der Waals surface area contributed by atoms with E-state index in [-0.39, 0.29) is 6.04 Å². The van der Waals surface area contributed by atoms with E-state index >= 15 is 0 Å². The minimum Gasteiger partial charge on any atom is -0.468 e. The van der Waals surface area contributed by atoms with Crippen molar-refractivity contribution in [3.8, 4) is 0 Å².